The van der Waals surface area contributed by atoms with E-state index in [0.717, 1.165) is 11.6 Å². The number of alkyl halides is 3. The first kappa shape index (κ1) is 19.1. The molecule has 0 spiro atoms. The smallest absolute Gasteiger partial charge is 0.337 e. The predicted molar refractivity (Wildman–Crippen MR) is 96.6 cm³/mol. The highest BCUT2D eigenvalue weighted by Gasteiger charge is 2.30. The zero-order valence-electron chi connectivity index (χ0n) is 14.7. The largest absolute Gasteiger partial charge is 0.416 e. The summed E-state index contributed by atoms with van der Waals surface area (Å²) in [7, 11) is 0. The highest BCUT2D eigenvalue weighted by Crippen LogP contribution is 2.29. The Labute approximate surface area is 155 Å². The van der Waals surface area contributed by atoms with E-state index in [1.165, 1.54) is 18.2 Å². The van der Waals surface area contributed by atoms with Gasteiger partial charge in [0, 0.05) is 51.2 Å². The lowest BCUT2D eigenvalue weighted by Crippen LogP contribution is -2.47. The van der Waals surface area contributed by atoms with E-state index >= 15 is 0 Å². The number of pyridine rings is 1. The number of halogens is 3. The van der Waals surface area contributed by atoms with E-state index in [9.17, 15) is 18.0 Å². The third-order valence-electron chi connectivity index (χ3n) is 4.47. The van der Waals surface area contributed by atoms with Crippen LogP contribution in [0, 0.1) is 0 Å². The summed E-state index contributed by atoms with van der Waals surface area (Å²) >= 11 is 0. The molecule has 0 atom stereocenters. The molecule has 3 rings (SSSR count). The molecule has 0 unspecified atom stereocenters. The van der Waals surface area contributed by atoms with Crippen molar-refractivity contribution >= 4 is 12.0 Å². The summed E-state index contributed by atoms with van der Waals surface area (Å²) in [5.74, 6) is -0.0643. The summed E-state index contributed by atoms with van der Waals surface area (Å²) in [5.41, 5.74) is 0.902. The molecule has 4 nitrogen and oxygen atoms in total. The normalized spacial score (nSPS) is 16.0. The molecule has 1 aromatic carbocycles. The van der Waals surface area contributed by atoms with E-state index in [2.05, 4.69) is 9.88 Å². The van der Waals surface area contributed by atoms with Crippen molar-refractivity contribution in [1.29, 1.82) is 0 Å². The molecule has 1 amide bonds. The predicted octanol–water partition coefficient (Wildman–Crippen LogP) is 3.46. The lowest BCUT2D eigenvalue weighted by Gasteiger charge is -2.34. The van der Waals surface area contributed by atoms with Gasteiger partial charge in [-0.15, -0.1) is 0 Å². The molecule has 27 heavy (non-hydrogen) atoms. The number of aromatic nitrogens is 1. The van der Waals surface area contributed by atoms with Crippen LogP contribution in [-0.2, 0) is 17.5 Å². The Morgan fingerprint density at radius 1 is 1.07 bits per heavy atom. The van der Waals surface area contributed by atoms with E-state index in [0.29, 0.717) is 38.3 Å². The number of nitrogens with zero attached hydrogens (tertiary/aromatic N) is 3. The molecule has 1 aliphatic heterocycles. The van der Waals surface area contributed by atoms with Crippen LogP contribution in [0.1, 0.15) is 16.7 Å². The van der Waals surface area contributed by atoms with E-state index in [1.54, 1.807) is 29.4 Å². The fourth-order valence-electron chi connectivity index (χ4n) is 2.98. The molecule has 0 radical (unpaired) electrons. The van der Waals surface area contributed by atoms with Crippen LogP contribution in [0.25, 0.3) is 6.08 Å². The Bertz CT molecular complexity index is 798. The van der Waals surface area contributed by atoms with Crippen molar-refractivity contribution in [2.24, 2.45) is 0 Å². The number of hydrogen-bond acceptors (Lipinski definition) is 3. The first-order valence-corrected chi connectivity index (χ1v) is 8.67. The maximum Gasteiger partial charge on any atom is 0.416 e. The van der Waals surface area contributed by atoms with Gasteiger partial charge in [0.15, 0.2) is 0 Å². The maximum atomic E-state index is 12.8. The molecule has 0 N–H and O–H groups in total. The Morgan fingerprint density at radius 3 is 2.44 bits per heavy atom. The van der Waals surface area contributed by atoms with E-state index in [4.69, 9.17) is 0 Å². The van der Waals surface area contributed by atoms with Crippen LogP contribution < -0.4 is 0 Å². The summed E-state index contributed by atoms with van der Waals surface area (Å²) in [6.45, 7) is 2.81. The van der Waals surface area contributed by atoms with Crippen molar-refractivity contribution in [2.45, 2.75) is 12.7 Å². The van der Waals surface area contributed by atoms with Gasteiger partial charge in [0.05, 0.1) is 5.56 Å². The van der Waals surface area contributed by atoms with Crippen molar-refractivity contribution in [3.8, 4) is 0 Å². The van der Waals surface area contributed by atoms with Crippen LogP contribution in [-0.4, -0.2) is 46.9 Å². The summed E-state index contributed by atoms with van der Waals surface area (Å²) in [6, 6.07) is 9.03. The Balaban J connectivity index is 1.52. The van der Waals surface area contributed by atoms with Crippen LogP contribution in [0.3, 0.4) is 0 Å². The molecule has 0 bridgehead atoms. The van der Waals surface area contributed by atoms with Crippen LogP contribution in [0.4, 0.5) is 13.2 Å². The van der Waals surface area contributed by atoms with Gasteiger partial charge >= 0.3 is 6.18 Å². The third-order valence-corrected chi connectivity index (χ3v) is 4.47. The highest BCUT2D eigenvalue weighted by molar-refractivity contribution is 5.91. The lowest BCUT2D eigenvalue weighted by molar-refractivity contribution is -0.137. The topological polar surface area (TPSA) is 36.4 Å². The quantitative estimate of drug-likeness (QED) is 0.768. The average Bonchev–Trinajstić information content (AvgIpc) is 2.67. The zero-order valence-corrected chi connectivity index (χ0v) is 14.7. The Hall–Kier alpha value is -2.67. The molecule has 1 fully saturated rings. The van der Waals surface area contributed by atoms with Crippen LogP contribution in [0.15, 0.2) is 54.9 Å². The second kappa shape index (κ2) is 8.35. The van der Waals surface area contributed by atoms with E-state index in [-0.39, 0.29) is 5.91 Å². The minimum atomic E-state index is -4.33. The fraction of sp³-hybridized carbons (Fsp3) is 0.300. The fourth-order valence-corrected chi connectivity index (χ4v) is 2.98. The molecule has 1 saturated heterocycles. The van der Waals surface area contributed by atoms with Crippen molar-refractivity contribution in [3.05, 3.63) is 71.6 Å². The van der Waals surface area contributed by atoms with Crippen LogP contribution in [0.2, 0.25) is 0 Å². The van der Waals surface area contributed by atoms with Gasteiger partial charge in [-0.3, -0.25) is 14.7 Å². The number of benzene rings is 1. The third kappa shape index (κ3) is 5.40. The van der Waals surface area contributed by atoms with Crippen molar-refractivity contribution in [1.82, 2.24) is 14.8 Å². The number of amides is 1. The average molecular weight is 375 g/mol. The van der Waals surface area contributed by atoms with E-state index < -0.39 is 11.7 Å². The zero-order chi connectivity index (χ0) is 19.3. The number of carbonyl (C=O) groups is 1. The molecular weight excluding hydrogens is 355 g/mol. The highest BCUT2D eigenvalue weighted by atomic mass is 19.4. The summed E-state index contributed by atoms with van der Waals surface area (Å²) in [4.78, 5) is 20.0. The SMILES string of the molecule is O=C(/C=C/c1ccncc1)N1CCN(Cc2cccc(C(F)(F)F)c2)CC1. The minimum absolute atomic E-state index is 0.0643. The number of hydrogen-bond donors (Lipinski definition) is 0. The van der Waals surface area contributed by atoms with Crippen molar-refractivity contribution in [2.75, 3.05) is 26.2 Å². The van der Waals surface area contributed by atoms with Crippen LogP contribution in [0.5, 0.6) is 0 Å². The van der Waals surface area contributed by atoms with Gasteiger partial charge < -0.3 is 4.90 Å². The second-order valence-electron chi connectivity index (χ2n) is 6.41. The molecule has 142 valence electrons. The van der Waals surface area contributed by atoms with Gasteiger partial charge in [-0.05, 0) is 35.4 Å². The first-order chi connectivity index (χ1) is 12.9. The number of carbonyl (C=O) groups excluding carboxylic acids is 1. The van der Waals surface area contributed by atoms with Gasteiger partial charge in [0.2, 0.25) is 5.91 Å². The van der Waals surface area contributed by atoms with Gasteiger partial charge in [0.1, 0.15) is 0 Å². The molecule has 0 saturated carbocycles. The molecule has 2 aromatic rings. The summed E-state index contributed by atoms with van der Waals surface area (Å²) < 4.78 is 38.4. The van der Waals surface area contributed by atoms with Gasteiger partial charge in [0.25, 0.3) is 0 Å². The standard InChI is InChI=1S/C20H20F3N3O/c21-20(22,23)18-3-1-2-17(14-18)15-25-10-12-26(13-11-25)19(27)5-4-16-6-8-24-9-7-16/h1-9,14H,10-13,15H2/b5-4+. The minimum Gasteiger partial charge on any atom is -0.337 e. The van der Waals surface area contributed by atoms with Crippen molar-refractivity contribution < 1.29 is 18.0 Å². The van der Waals surface area contributed by atoms with Crippen molar-refractivity contribution in [3.63, 3.8) is 0 Å². The number of piperazine rings is 1. The molecule has 7 heteroatoms. The lowest BCUT2D eigenvalue weighted by atomic mass is 10.1. The van der Waals surface area contributed by atoms with Gasteiger partial charge in [-0.2, -0.15) is 13.2 Å². The Morgan fingerprint density at radius 2 is 1.78 bits per heavy atom. The van der Waals surface area contributed by atoms with Crippen LogP contribution >= 0.6 is 0 Å². The first-order valence-electron chi connectivity index (χ1n) is 8.67. The molecule has 0 aliphatic carbocycles. The molecule has 2 heterocycles. The summed E-state index contributed by atoms with van der Waals surface area (Å²) in [5, 5.41) is 0. The Kier molecular flexibility index (Phi) is 5.91. The second-order valence-corrected chi connectivity index (χ2v) is 6.41. The van der Waals surface area contributed by atoms with E-state index in [1.807, 2.05) is 12.1 Å². The number of rotatable bonds is 4. The molecule has 1 aromatic heterocycles. The van der Waals surface area contributed by atoms with Gasteiger partial charge in [-0.25, -0.2) is 0 Å². The molecular formula is C20H20F3N3O. The summed E-state index contributed by atoms with van der Waals surface area (Å²) in [6.07, 6.45) is 2.28. The molecule has 1 aliphatic rings. The van der Waals surface area contributed by atoms with Gasteiger partial charge in [-0.1, -0.05) is 18.2 Å². The monoisotopic (exact) mass is 375 g/mol. The maximum absolute atomic E-state index is 12.8.